The Hall–Kier alpha value is -3.08. The van der Waals surface area contributed by atoms with Crippen molar-refractivity contribution in [3.05, 3.63) is 72.8 Å². The van der Waals surface area contributed by atoms with Crippen LogP contribution < -0.4 is 15.4 Å². The lowest BCUT2D eigenvalue weighted by Crippen LogP contribution is -2.42. The standard InChI is InChI=1S/C24H30N2O3/c1-7-20(17-12-9-8-10-13-17)24(5,6)21(27)25-18-14-11-15-19(16-18)29-22(28)26-23(2,3)4/h7-16,20H,1H2,2-6H3,(H,25,27)(H,26,28). The fraction of sp³-hybridized carbons (Fsp3) is 0.333. The molecule has 0 bridgehead atoms. The van der Waals surface area contributed by atoms with Crippen molar-refractivity contribution in [2.24, 2.45) is 5.41 Å². The van der Waals surface area contributed by atoms with Gasteiger partial charge < -0.3 is 15.4 Å². The molecule has 2 amide bonds. The van der Waals surface area contributed by atoms with Crippen molar-refractivity contribution >= 4 is 17.7 Å². The predicted molar refractivity (Wildman–Crippen MR) is 117 cm³/mol. The van der Waals surface area contributed by atoms with Crippen molar-refractivity contribution in [1.82, 2.24) is 5.32 Å². The van der Waals surface area contributed by atoms with E-state index in [1.165, 1.54) is 0 Å². The van der Waals surface area contributed by atoms with E-state index in [9.17, 15) is 9.59 Å². The van der Waals surface area contributed by atoms with Crippen LogP contribution in [0.2, 0.25) is 0 Å². The van der Waals surface area contributed by atoms with Crippen LogP contribution in [0.1, 0.15) is 46.1 Å². The number of anilines is 1. The van der Waals surface area contributed by atoms with Gasteiger partial charge in [-0.05, 0) is 38.5 Å². The topological polar surface area (TPSA) is 67.4 Å². The van der Waals surface area contributed by atoms with Gasteiger partial charge in [-0.1, -0.05) is 56.3 Å². The van der Waals surface area contributed by atoms with Crippen LogP contribution in [0.5, 0.6) is 5.75 Å². The van der Waals surface area contributed by atoms with Gasteiger partial charge in [0.2, 0.25) is 5.91 Å². The summed E-state index contributed by atoms with van der Waals surface area (Å²) < 4.78 is 5.32. The van der Waals surface area contributed by atoms with E-state index >= 15 is 0 Å². The molecule has 0 aliphatic rings. The minimum Gasteiger partial charge on any atom is -0.410 e. The lowest BCUT2D eigenvalue weighted by atomic mass is 9.74. The zero-order chi connectivity index (χ0) is 21.7. The lowest BCUT2D eigenvalue weighted by molar-refractivity contribution is -0.124. The third-order valence-corrected chi connectivity index (χ3v) is 4.54. The maximum atomic E-state index is 13.1. The van der Waals surface area contributed by atoms with Crippen molar-refractivity contribution in [1.29, 1.82) is 0 Å². The average molecular weight is 395 g/mol. The van der Waals surface area contributed by atoms with Gasteiger partial charge in [-0.2, -0.15) is 0 Å². The maximum Gasteiger partial charge on any atom is 0.413 e. The van der Waals surface area contributed by atoms with E-state index in [0.717, 1.165) is 5.56 Å². The van der Waals surface area contributed by atoms with Gasteiger partial charge in [0, 0.05) is 23.2 Å². The van der Waals surface area contributed by atoms with Crippen LogP contribution in [0, 0.1) is 5.41 Å². The summed E-state index contributed by atoms with van der Waals surface area (Å²) in [6.07, 6.45) is 1.25. The van der Waals surface area contributed by atoms with Crippen LogP contribution in [0.3, 0.4) is 0 Å². The van der Waals surface area contributed by atoms with Crippen molar-refractivity contribution in [3.8, 4) is 5.75 Å². The molecule has 0 fully saturated rings. The summed E-state index contributed by atoms with van der Waals surface area (Å²) in [7, 11) is 0. The summed E-state index contributed by atoms with van der Waals surface area (Å²) in [6, 6.07) is 16.6. The Bertz CT molecular complexity index is 867. The Kier molecular flexibility index (Phi) is 6.85. The second kappa shape index (κ2) is 8.95. The predicted octanol–water partition coefficient (Wildman–Crippen LogP) is 5.51. The molecule has 0 spiro atoms. The second-order valence-electron chi connectivity index (χ2n) is 8.59. The second-order valence-corrected chi connectivity index (χ2v) is 8.59. The number of rotatable bonds is 6. The first-order valence-corrected chi connectivity index (χ1v) is 9.62. The molecule has 0 radical (unpaired) electrons. The van der Waals surface area contributed by atoms with Crippen molar-refractivity contribution < 1.29 is 14.3 Å². The Balaban J connectivity index is 2.13. The Morgan fingerprint density at radius 3 is 2.24 bits per heavy atom. The van der Waals surface area contributed by atoms with Crippen LogP contribution in [0.15, 0.2) is 67.3 Å². The molecule has 2 aromatic carbocycles. The molecule has 2 aromatic rings. The van der Waals surface area contributed by atoms with Gasteiger partial charge in [-0.3, -0.25) is 4.79 Å². The molecule has 0 aliphatic heterocycles. The van der Waals surface area contributed by atoms with Gasteiger partial charge >= 0.3 is 6.09 Å². The molecule has 0 aromatic heterocycles. The first-order chi connectivity index (χ1) is 13.5. The molecule has 29 heavy (non-hydrogen) atoms. The quantitative estimate of drug-likeness (QED) is 0.635. The molecule has 5 heteroatoms. The van der Waals surface area contributed by atoms with Gasteiger partial charge in [0.25, 0.3) is 0 Å². The number of carbonyl (C=O) groups is 2. The van der Waals surface area contributed by atoms with Gasteiger partial charge in [-0.25, -0.2) is 4.79 Å². The van der Waals surface area contributed by atoms with Crippen molar-refractivity contribution in [2.75, 3.05) is 5.32 Å². The summed E-state index contributed by atoms with van der Waals surface area (Å²) >= 11 is 0. The normalized spacial score (nSPS) is 12.6. The molecule has 0 saturated heterocycles. The highest BCUT2D eigenvalue weighted by atomic mass is 16.6. The van der Waals surface area contributed by atoms with Crippen LogP contribution in [0.4, 0.5) is 10.5 Å². The minimum atomic E-state index is -0.733. The van der Waals surface area contributed by atoms with Crippen molar-refractivity contribution in [3.63, 3.8) is 0 Å². The third-order valence-electron chi connectivity index (χ3n) is 4.54. The highest BCUT2D eigenvalue weighted by Crippen LogP contribution is 2.37. The first kappa shape index (κ1) is 22.2. The summed E-state index contributed by atoms with van der Waals surface area (Å²) in [5.41, 5.74) is 0.451. The maximum absolute atomic E-state index is 13.1. The Labute approximate surface area is 173 Å². The zero-order valence-corrected chi connectivity index (χ0v) is 17.8. The van der Waals surface area contributed by atoms with Crippen LogP contribution >= 0.6 is 0 Å². The SMILES string of the molecule is C=CC(c1ccccc1)C(C)(C)C(=O)Nc1cccc(OC(=O)NC(C)(C)C)c1. The molecule has 0 saturated carbocycles. The monoisotopic (exact) mass is 394 g/mol. The third kappa shape index (κ3) is 6.21. The van der Waals surface area contributed by atoms with E-state index in [-0.39, 0.29) is 11.8 Å². The minimum absolute atomic E-state index is 0.150. The number of amides is 2. The number of carbonyl (C=O) groups excluding carboxylic acids is 2. The van der Waals surface area contributed by atoms with E-state index in [0.29, 0.717) is 11.4 Å². The average Bonchev–Trinajstić information content (AvgIpc) is 2.61. The van der Waals surface area contributed by atoms with Crippen LogP contribution in [-0.4, -0.2) is 17.5 Å². The summed E-state index contributed by atoms with van der Waals surface area (Å²) in [6.45, 7) is 13.3. The fourth-order valence-electron chi connectivity index (χ4n) is 3.02. The van der Waals surface area contributed by atoms with E-state index in [1.807, 2.05) is 65.0 Å². The highest BCUT2D eigenvalue weighted by Gasteiger charge is 2.36. The Morgan fingerprint density at radius 2 is 1.66 bits per heavy atom. The molecule has 5 nitrogen and oxygen atoms in total. The smallest absolute Gasteiger partial charge is 0.410 e. The molecule has 2 N–H and O–H groups in total. The highest BCUT2D eigenvalue weighted by molar-refractivity contribution is 5.96. The zero-order valence-electron chi connectivity index (χ0n) is 17.8. The van der Waals surface area contributed by atoms with Gasteiger partial charge in [0.05, 0.1) is 5.41 Å². The number of nitrogens with one attached hydrogen (secondary N) is 2. The molecule has 0 aliphatic carbocycles. The van der Waals surface area contributed by atoms with Crippen LogP contribution in [0.25, 0.3) is 0 Å². The molecule has 1 unspecified atom stereocenters. The number of benzene rings is 2. The van der Waals surface area contributed by atoms with E-state index in [2.05, 4.69) is 17.2 Å². The molecular formula is C24H30N2O3. The van der Waals surface area contributed by atoms with Crippen LogP contribution in [-0.2, 0) is 4.79 Å². The van der Waals surface area contributed by atoms with E-state index in [1.54, 1.807) is 30.3 Å². The van der Waals surface area contributed by atoms with Gasteiger partial charge in [-0.15, -0.1) is 6.58 Å². The summed E-state index contributed by atoms with van der Waals surface area (Å²) in [4.78, 5) is 25.0. The first-order valence-electron chi connectivity index (χ1n) is 9.62. The van der Waals surface area contributed by atoms with Crippen molar-refractivity contribution in [2.45, 2.75) is 46.1 Å². The number of hydrogen-bond acceptors (Lipinski definition) is 3. The fourth-order valence-corrected chi connectivity index (χ4v) is 3.02. The molecular weight excluding hydrogens is 364 g/mol. The number of hydrogen-bond donors (Lipinski definition) is 2. The van der Waals surface area contributed by atoms with Gasteiger partial charge in [0.15, 0.2) is 0 Å². The van der Waals surface area contributed by atoms with E-state index in [4.69, 9.17) is 4.74 Å². The molecule has 0 heterocycles. The summed E-state index contributed by atoms with van der Waals surface area (Å²) in [5, 5.41) is 5.66. The molecule has 154 valence electrons. The largest absolute Gasteiger partial charge is 0.413 e. The summed E-state index contributed by atoms with van der Waals surface area (Å²) in [5.74, 6) is 0.0499. The molecule has 2 rings (SSSR count). The Morgan fingerprint density at radius 1 is 1.00 bits per heavy atom. The lowest BCUT2D eigenvalue weighted by Gasteiger charge is -2.31. The van der Waals surface area contributed by atoms with E-state index < -0.39 is 17.0 Å². The molecule has 1 atom stereocenters. The van der Waals surface area contributed by atoms with Gasteiger partial charge in [0.1, 0.15) is 5.75 Å². The number of ether oxygens (including phenoxy) is 1. The number of allylic oxidation sites excluding steroid dienone is 1.